The van der Waals surface area contributed by atoms with Crippen LogP contribution in [0.4, 0.5) is 0 Å². The number of aliphatic hydroxyl groups is 6. The Morgan fingerprint density at radius 1 is 0.496 bits per heavy atom. The lowest BCUT2D eigenvalue weighted by atomic mass is 9.77. The van der Waals surface area contributed by atoms with Crippen LogP contribution in [0.25, 0.3) is 0 Å². The maximum Gasteiger partial charge on any atom is 0.311 e. The highest BCUT2D eigenvalue weighted by molar-refractivity contribution is 5.79. The molecule has 0 aromatic rings. The van der Waals surface area contributed by atoms with Crippen molar-refractivity contribution < 1.29 is 130 Å². The summed E-state index contributed by atoms with van der Waals surface area (Å²) in [5.74, 6) is -6.99. The summed E-state index contributed by atoms with van der Waals surface area (Å²) in [6, 6.07) is -2.40. The zero-order chi connectivity index (χ0) is 92.1. The van der Waals surface area contributed by atoms with Crippen molar-refractivity contribution in [2.24, 2.45) is 41.2 Å². The summed E-state index contributed by atoms with van der Waals surface area (Å²) in [5, 5.41) is 75.4. The third kappa shape index (κ3) is 28.3. The minimum atomic E-state index is -1.94. The summed E-state index contributed by atoms with van der Waals surface area (Å²) in [5.41, 5.74) is -2.32. The normalized spacial score (nSPS) is 43.7. The van der Waals surface area contributed by atoms with E-state index >= 15 is 0 Å². The topological polar surface area (TPSA) is 414 Å². The van der Waals surface area contributed by atoms with Crippen LogP contribution in [0.2, 0.25) is 0 Å². The van der Waals surface area contributed by atoms with Crippen LogP contribution in [0, 0.1) is 35.5 Å². The van der Waals surface area contributed by atoms with Crippen molar-refractivity contribution in [1.82, 2.24) is 25.3 Å². The number of cyclic esters (lactones) is 2. The molecule has 0 bridgehead atoms. The molecule has 6 fully saturated rings. The molecule has 0 radical (unpaired) electrons. The van der Waals surface area contributed by atoms with Crippen LogP contribution in [0.3, 0.4) is 0 Å². The molecule has 0 aromatic heterocycles. The van der Waals surface area contributed by atoms with Gasteiger partial charge < -0.3 is 142 Å². The molecule has 10 N–H and O–H groups in total. The molecule has 121 heavy (non-hydrogen) atoms. The highest BCUT2D eigenvalue weighted by Crippen LogP contribution is 2.45. The van der Waals surface area contributed by atoms with Gasteiger partial charge in [-0.05, 0) is 203 Å². The largest absolute Gasteiger partial charge is 0.459 e. The molecule has 36 atom stereocenters. The first-order valence-electron chi connectivity index (χ1n) is 44.4. The summed E-state index contributed by atoms with van der Waals surface area (Å²) >= 11 is 0. The molecule has 33 nitrogen and oxygen atoms in total. The van der Waals surface area contributed by atoms with Crippen LogP contribution in [0.15, 0.2) is 0 Å². The van der Waals surface area contributed by atoms with E-state index in [4.69, 9.17) is 86.3 Å². The number of aldehydes is 1. The Hall–Kier alpha value is -3.41. The van der Waals surface area contributed by atoms with Crippen molar-refractivity contribution in [2.75, 3.05) is 96.0 Å². The van der Waals surface area contributed by atoms with Gasteiger partial charge in [-0.2, -0.15) is 0 Å². The molecule has 6 heterocycles. The molecule has 0 unspecified atom stereocenters. The quantitative estimate of drug-likeness (QED) is 0.0266. The number of nitrogens with two attached hydrogens (primary N) is 1. The standard InChI is InChI=1S/C45H85N3O13.C41H77N3O13.C2H4O/c1-17-33-45(12,53)37(50)30(8)46-40(51)26(4)24-43(10,54-15)38(61-42-35(49)32(47(13)14)23-27(5)57-42)28(6)36(29(7)41(52)59-33)60-34-25-44(11,55-16)39(31(9)58-34)56-22-20-21-48(18-2)19-3;1-15-29-41(10,49)33(46)26(6)43-36(47)22(2)20-39(8,50-13)34(57-38-31(45)28(44(11)12)19-23(3)53-38)24(4)32(25(5)37(48)55-29)56-30-21-40(9,51-14)35(27(7)54-30)52-18-16-17-42;1-2-3/h26-39,42,49-50,53H,17-25H2,1-16H3,(H,46,51);22-35,38,45-46,49H,15-21,42H2,1-14H3,(H,43,47);2H,1H3/t26-,27-,28+,29-,30-,31+,32+,33-,34+,35-,36+,37-,38-,39+,42+,43-,44-,45-;22-,23-,24+,25-,26-,27+,28+,29-,30+,31-,32+,33-,34-,35+,38+,39-,40-,41-;/m11./s1. The van der Waals surface area contributed by atoms with Gasteiger partial charge >= 0.3 is 11.9 Å². The third-order valence-electron chi connectivity index (χ3n) is 26.7. The lowest BCUT2D eigenvalue weighted by Crippen LogP contribution is -2.61. The lowest BCUT2D eigenvalue weighted by Gasteiger charge is -2.50. The molecule has 0 aliphatic carbocycles. The fourth-order valence-corrected chi connectivity index (χ4v) is 18.8. The van der Waals surface area contributed by atoms with Crippen molar-refractivity contribution in [3.05, 3.63) is 0 Å². The van der Waals surface area contributed by atoms with Gasteiger partial charge in [0.2, 0.25) is 11.8 Å². The molecule has 6 aliphatic heterocycles. The SMILES string of the molecule is CC=O.CC[C@H]1OC(=O)[C@H](C)[C@@H](O[C@H]2C[C@@](C)(OC)[C@@H](OCCCN(CC)CC)[C@H](C)O2)[C@H](C)[C@@H](O[C@@H]2O[C@H](C)C[C@H](N(C)C)[C@H]2O)[C@](C)(OC)C[C@@H](C)C(=O)N[C@H](C)[C@@H](O)[C@]1(C)O.CC[C@H]1OC(=O)[C@H](C)[C@@H](O[C@H]2C[C@@](C)(OC)[C@@H](OCCCN)[C@H](C)O2)[C@H](C)[C@@H](O[C@@H]2O[C@H](C)C[C@H](N(C)C)[C@H]2O)[C@](C)(OC)C[C@@H](C)C(=O)N[C@H](C)[C@@H](O)[C@]1(C)O. The Morgan fingerprint density at radius 2 is 0.818 bits per heavy atom. The van der Waals surface area contributed by atoms with Crippen LogP contribution in [-0.2, 0) is 99.8 Å². The molecular formula is C88H166N6O27. The van der Waals surface area contributed by atoms with E-state index in [1.165, 1.54) is 35.0 Å². The van der Waals surface area contributed by atoms with E-state index in [9.17, 15) is 49.8 Å². The smallest absolute Gasteiger partial charge is 0.311 e. The third-order valence-corrected chi connectivity index (χ3v) is 26.7. The van der Waals surface area contributed by atoms with Gasteiger partial charge in [0.15, 0.2) is 25.2 Å². The van der Waals surface area contributed by atoms with Crippen LogP contribution in [0.5, 0.6) is 0 Å². The number of carbonyl (C=O) groups is 5. The van der Waals surface area contributed by atoms with Gasteiger partial charge in [-0.1, -0.05) is 55.4 Å². The first-order chi connectivity index (χ1) is 56.4. The van der Waals surface area contributed by atoms with Crippen LogP contribution >= 0.6 is 0 Å². The maximum atomic E-state index is 14.5. The predicted octanol–water partition coefficient (Wildman–Crippen LogP) is 5.81. The Labute approximate surface area is 724 Å². The highest BCUT2D eigenvalue weighted by atomic mass is 16.7. The number of rotatable bonds is 27. The van der Waals surface area contributed by atoms with Crippen LogP contribution in [0.1, 0.15) is 223 Å². The summed E-state index contributed by atoms with van der Waals surface area (Å²) in [7, 11) is 13.9. The molecule has 6 saturated heterocycles. The zero-order valence-electron chi connectivity index (χ0n) is 79.4. The molecular weight excluding hydrogens is 1570 g/mol. The van der Waals surface area contributed by atoms with Gasteiger partial charge in [-0.25, -0.2) is 0 Å². The van der Waals surface area contributed by atoms with Gasteiger partial charge in [0.05, 0.1) is 95.2 Å². The van der Waals surface area contributed by atoms with Crippen LogP contribution < -0.4 is 16.4 Å². The predicted molar refractivity (Wildman–Crippen MR) is 454 cm³/mol. The van der Waals surface area contributed by atoms with Gasteiger partial charge in [0, 0.05) is 96.8 Å². The fraction of sp³-hybridized carbons (Fsp3) is 0.943. The molecule has 0 aromatic carbocycles. The second-order valence-corrected chi connectivity index (χ2v) is 36.9. The number of likely N-dealkylation sites (N-methyl/N-ethyl adjacent to an activating group) is 2. The van der Waals surface area contributed by atoms with Gasteiger partial charge in [-0.15, -0.1) is 0 Å². The molecule has 6 aliphatic rings. The zero-order valence-corrected chi connectivity index (χ0v) is 79.4. The summed E-state index contributed by atoms with van der Waals surface area (Å²) < 4.78 is 103. The molecule has 710 valence electrons. The molecule has 6 rings (SSSR count). The maximum absolute atomic E-state index is 14.5. The number of amides is 2. The molecule has 0 spiro atoms. The fourth-order valence-electron chi connectivity index (χ4n) is 18.8. The Balaban J connectivity index is 0.000000493. The first-order valence-corrected chi connectivity index (χ1v) is 44.4. The summed E-state index contributed by atoms with van der Waals surface area (Å²) in [4.78, 5) is 71.6. The number of hydrogen-bond donors (Lipinski definition) is 9. The van der Waals surface area contributed by atoms with E-state index < -0.39 is 210 Å². The molecule has 2 amide bonds. The minimum absolute atomic E-state index is 0.114. The van der Waals surface area contributed by atoms with Crippen molar-refractivity contribution in [3.8, 4) is 0 Å². The van der Waals surface area contributed by atoms with E-state index in [0.29, 0.717) is 39.0 Å². The molecule has 0 saturated carbocycles. The van der Waals surface area contributed by atoms with Crippen molar-refractivity contribution in [1.29, 1.82) is 0 Å². The van der Waals surface area contributed by atoms with E-state index in [1.54, 1.807) is 69.6 Å². The number of carbonyl (C=O) groups excluding carboxylic acids is 5. The highest BCUT2D eigenvalue weighted by Gasteiger charge is 2.58. The summed E-state index contributed by atoms with van der Waals surface area (Å²) in [6.45, 7) is 45.2. The monoisotopic (exact) mass is 1740 g/mol. The Bertz CT molecular complexity index is 3080. The number of nitrogens with one attached hydrogen (secondary N) is 2. The second-order valence-electron chi connectivity index (χ2n) is 36.9. The number of ether oxygens (including phenoxy) is 16. The van der Waals surface area contributed by atoms with E-state index in [1.807, 2.05) is 107 Å². The number of aliphatic hydroxyl groups excluding tert-OH is 4. The minimum Gasteiger partial charge on any atom is -0.459 e. The summed E-state index contributed by atoms with van der Waals surface area (Å²) in [6.07, 6.45) is -13.2. The lowest BCUT2D eigenvalue weighted by molar-refractivity contribution is -0.322. The van der Waals surface area contributed by atoms with E-state index in [-0.39, 0.29) is 68.7 Å². The van der Waals surface area contributed by atoms with E-state index in [0.717, 1.165) is 32.3 Å². The van der Waals surface area contributed by atoms with Gasteiger partial charge in [0.1, 0.15) is 66.3 Å². The first kappa shape index (κ1) is 110. The Kier molecular flexibility index (Phi) is 44.4. The average molecular weight is 1740 g/mol. The van der Waals surface area contributed by atoms with Crippen LogP contribution in [-0.4, -0.2) is 352 Å². The van der Waals surface area contributed by atoms with E-state index in [2.05, 4.69) is 29.4 Å². The average Bonchev–Trinajstić information content (AvgIpc) is 1.75. The number of hydrogen-bond acceptors (Lipinski definition) is 31. The van der Waals surface area contributed by atoms with Gasteiger partial charge in [0.25, 0.3) is 0 Å². The number of nitrogens with zero attached hydrogens (tertiary/aromatic N) is 3. The second kappa shape index (κ2) is 48.8. The van der Waals surface area contributed by atoms with Crippen molar-refractivity contribution >= 4 is 30.0 Å². The van der Waals surface area contributed by atoms with Crippen molar-refractivity contribution in [2.45, 2.75) is 404 Å². The number of esters is 2. The van der Waals surface area contributed by atoms with Gasteiger partial charge in [-0.3, -0.25) is 19.2 Å². The number of methoxy groups -OCH3 is 4. The Morgan fingerprint density at radius 3 is 1.12 bits per heavy atom. The van der Waals surface area contributed by atoms with Crippen molar-refractivity contribution in [3.63, 3.8) is 0 Å². The molecule has 33 heteroatoms.